The number of aliphatic hydroxyl groups is 8. The highest BCUT2D eigenvalue weighted by molar-refractivity contribution is 5.82. The molecule has 3 heterocycles. The van der Waals surface area contributed by atoms with Crippen molar-refractivity contribution >= 4 is 17.9 Å². The summed E-state index contributed by atoms with van der Waals surface area (Å²) in [5.41, 5.74) is -1.22. The molecule has 22 atom stereocenters. The second-order valence-corrected chi connectivity index (χ2v) is 23.6. The van der Waals surface area contributed by atoms with E-state index in [1.807, 2.05) is 0 Å². The van der Waals surface area contributed by atoms with Crippen LogP contribution in [0.25, 0.3) is 0 Å². The van der Waals surface area contributed by atoms with Gasteiger partial charge in [0.2, 0.25) is 6.29 Å². The molecule has 9 N–H and O–H groups in total. The fourth-order valence-electron chi connectivity index (χ4n) is 15.1. The molecule has 0 spiro atoms. The average Bonchev–Trinajstić information content (AvgIpc) is 3.26. The van der Waals surface area contributed by atoms with Gasteiger partial charge in [0, 0.05) is 6.92 Å². The first kappa shape index (κ1) is 52.0. The SMILES string of the molecule is CC(=O)O[C@H]1[C@H](O[C@H]2CC[C@]3(C)[C@H]4CC[C@@H]5C6=CC(C)(C)CC[C@]6(C(=O)O[C@@H]6O[C@H](CO)[C@@H](O)[C@H](O)[C@H]6O)CC[C@@]5(C)[C@]4(C)CC[C@H]3C2(C)C)O[C@H](C(=O)O)[C@@H](O[C@@H]2OC[C@@H](O)[C@H](O)[C@H]2O)[C@@H]1O. The molecule has 386 valence electrons. The van der Waals surface area contributed by atoms with Crippen molar-refractivity contribution in [2.75, 3.05) is 13.2 Å². The Morgan fingerprint density at radius 3 is 2.00 bits per heavy atom. The van der Waals surface area contributed by atoms with E-state index in [4.69, 9.17) is 33.2 Å². The molecule has 0 unspecified atom stereocenters. The van der Waals surface area contributed by atoms with Crippen LogP contribution in [0.3, 0.4) is 0 Å². The molecule has 7 fully saturated rings. The first-order valence-corrected chi connectivity index (χ1v) is 24.6. The highest BCUT2D eigenvalue weighted by Crippen LogP contribution is 2.76. The molecule has 0 aromatic carbocycles. The summed E-state index contributed by atoms with van der Waals surface area (Å²) in [5, 5.41) is 94.3. The number of carbonyl (C=O) groups excluding carboxylic acids is 2. The summed E-state index contributed by atoms with van der Waals surface area (Å²) in [5.74, 6) is -2.42. The molecule has 4 saturated carbocycles. The predicted molar refractivity (Wildman–Crippen MR) is 234 cm³/mol. The van der Waals surface area contributed by atoms with Gasteiger partial charge >= 0.3 is 17.9 Å². The quantitative estimate of drug-likeness (QED) is 0.0897. The summed E-state index contributed by atoms with van der Waals surface area (Å²) in [7, 11) is 0. The van der Waals surface area contributed by atoms with Crippen molar-refractivity contribution in [1.29, 1.82) is 0 Å². The molecule has 0 amide bonds. The van der Waals surface area contributed by atoms with E-state index in [2.05, 4.69) is 54.5 Å². The summed E-state index contributed by atoms with van der Waals surface area (Å²) < 4.78 is 41.0. The number of esters is 2. The predicted octanol–water partition coefficient (Wildman–Crippen LogP) is 1.44. The fourth-order valence-corrected chi connectivity index (χ4v) is 15.1. The van der Waals surface area contributed by atoms with Crippen molar-refractivity contribution < 1.29 is 93.5 Å². The van der Waals surface area contributed by atoms with E-state index in [0.717, 1.165) is 57.4 Å². The summed E-state index contributed by atoms with van der Waals surface area (Å²) >= 11 is 0. The van der Waals surface area contributed by atoms with Crippen LogP contribution in [0.2, 0.25) is 0 Å². The minimum absolute atomic E-state index is 0.0416. The summed E-state index contributed by atoms with van der Waals surface area (Å²) in [6, 6.07) is 0. The van der Waals surface area contributed by atoms with Crippen molar-refractivity contribution in [3.63, 3.8) is 0 Å². The van der Waals surface area contributed by atoms with Crippen LogP contribution in [-0.4, -0.2) is 169 Å². The molecule has 0 aromatic rings. The van der Waals surface area contributed by atoms with Gasteiger partial charge in [-0.2, -0.15) is 0 Å². The van der Waals surface area contributed by atoms with Crippen molar-refractivity contribution in [2.45, 2.75) is 212 Å². The number of carboxylic acids is 1. The lowest BCUT2D eigenvalue weighted by Gasteiger charge is -2.72. The third-order valence-corrected chi connectivity index (χ3v) is 19.1. The van der Waals surface area contributed by atoms with Gasteiger partial charge < -0.3 is 79.1 Å². The Labute approximate surface area is 397 Å². The van der Waals surface area contributed by atoms with Gasteiger partial charge in [0.15, 0.2) is 24.8 Å². The summed E-state index contributed by atoms with van der Waals surface area (Å²) in [6.07, 6.45) is -13.8. The molecule has 0 aromatic heterocycles. The Morgan fingerprint density at radius 2 is 1.34 bits per heavy atom. The van der Waals surface area contributed by atoms with E-state index in [-0.39, 0.29) is 39.4 Å². The molecule has 0 bridgehead atoms. The van der Waals surface area contributed by atoms with Gasteiger partial charge in [-0.25, -0.2) is 4.79 Å². The lowest BCUT2D eigenvalue weighted by molar-refractivity contribution is -0.355. The Hall–Kier alpha value is -2.37. The lowest BCUT2D eigenvalue weighted by atomic mass is 9.32. The van der Waals surface area contributed by atoms with E-state index in [1.165, 1.54) is 0 Å². The average molecular weight is 969 g/mol. The van der Waals surface area contributed by atoms with Crippen LogP contribution in [0.1, 0.15) is 120 Å². The Kier molecular flexibility index (Phi) is 14.0. The first-order chi connectivity index (χ1) is 31.7. The Balaban J connectivity index is 1.02. The van der Waals surface area contributed by atoms with Gasteiger partial charge in [-0.05, 0) is 109 Å². The van der Waals surface area contributed by atoms with Gasteiger partial charge in [0.25, 0.3) is 0 Å². The maximum absolute atomic E-state index is 14.7. The normalized spacial score (nSPS) is 50.8. The number of aliphatic hydroxyl groups excluding tert-OH is 8. The molecule has 8 aliphatic rings. The van der Waals surface area contributed by atoms with Crippen molar-refractivity contribution in [1.82, 2.24) is 0 Å². The van der Waals surface area contributed by atoms with Gasteiger partial charge in [-0.3, -0.25) is 9.59 Å². The van der Waals surface area contributed by atoms with Crippen LogP contribution < -0.4 is 0 Å². The highest BCUT2D eigenvalue weighted by Gasteiger charge is 2.71. The Morgan fingerprint density at radius 1 is 0.662 bits per heavy atom. The molecular weight excluding hydrogens is 893 g/mol. The van der Waals surface area contributed by atoms with Crippen molar-refractivity contribution in [3.05, 3.63) is 11.6 Å². The van der Waals surface area contributed by atoms with Gasteiger partial charge in [0.05, 0.1) is 24.7 Å². The topological polar surface area (TPSA) is 298 Å². The number of hydrogen-bond acceptors (Lipinski definition) is 18. The van der Waals surface area contributed by atoms with Crippen molar-refractivity contribution in [2.24, 2.45) is 50.2 Å². The molecule has 5 aliphatic carbocycles. The third kappa shape index (κ3) is 8.28. The summed E-state index contributed by atoms with van der Waals surface area (Å²) in [4.78, 5) is 39.9. The third-order valence-electron chi connectivity index (χ3n) is 19.1. The number of ether oxygens (including phenoxy) is 7. The second kappa shape index (κ2) is 18.3. The van der Waals surface area contributed by atoms with Crippen LogP contribution in [-0.2, 0) is 47.5 Å². The van der Waals surface area contributed by atoms with E-state index in [1.54, 1.807) is 0 Å². The lowest BCUT2D eigenvalue weighted by Crippen LogP contribution is -2.67. The number of rotatable bonds is 9. The highest BCUT2D eigenvalue weighted by atomic mass is 16.8. The number of carboxylic acid groups (broad SMARTS) is 1. The minimum atomic E-state index is -1.88. The molecular formula is C49H76O19. The van der Waals surface area contributed by atoms with Crippen LogP contribution >= 0.6 is 0 Å². The molecule has 0 radical (unpaired) electrons. The van der Waals surface area contributed by atoms with E-state index >= 15 is 0 Å². The first-order valence-electron chi connectivity index (χ1n) is 24.6. The zero-order valence-electron chi connectivity index (χ0n) is 40.6. The number of allylic oxidation sites excluding steroid dienone is 1. The van der Waals surface area contributed by atoms with Gasteiger partial charge in [-0.15, -0.1) is 0 Å². The molecule has 3 aliphatic heterocycles. The van der Waals surface area contributed by atoms with E-state index in [9.17, 15) is 60.3 Å². The molecule has 68 heavy (non-hydrogen) atoms. The smallest absolute Gasteiger partial charge is 0.335 e. The maximum Gasteiger partial charge on any atom is 0.335 e. The van der Waals surface area contributed by atoms with Crippen LogP contribution in [0, 0.1) is 50.2 Å². The zero-order chi connectivity index (χ0) is 49.8. The summed E-state index contributed by atoms with van der Waals surface area (Å²) in [6.45, 7) is 15.9. The molecule has 3 saturated heterocycles. The number of hydrogen-bond donors (Lipinski definition) is 9. The fraction of sp³-hybridized carbons (Fsp3) is 0.898. The second-order valence-electron chi connectivity index (χ2n) is 23.6. The van der Waals surface area contributed by atoms with Gasteiger partial charge in [-0.1, -0.05) is 60.1 Å². The van der Waals surface area contributed by atoms with E-state index in [0.29, 0.717) is 19.3 Å². The zero-order valence-corrected chi connectivity index (χ0v) is 40.6. The minimum Gasteiger partial charge on any atom is -0.479 e. The number of aliphatic carboxylic acids is 1. The largest absolute Gasteiger partial charge is 0.479 e. The molecule has 8 rings (SSSR count). The van der Waals surface area contributed by atoms with Crippen LogP contribution in [0.4, 0.5) is 0 Å². The monoisotopic (exact) mass is 968 g/mol. The number of carbonyl (C=O) groups is 3. The van der Waals surface area contributed by atoms with Crippen molar-refractivity contribution in [3.8, 4) is 0 Å². The number of fused-ring (bicyclic) bond motifs is 7. The van der Waals surface area contributed by atoms with Crippen LogP contribution in [0.15, 0.2) is 11.6 Å². The standard InChI is InChI=1S/C49H76O19/c1-22(51)63-37-35(58)36(66-40-33(56)30(53)25(52)21-62-40)38(39(59)60)67-42(37)65-29-12-13-46(6)27(45(29,4)5)11-14-48(8)28(46)10-9-23-24-19-44(2,3)15-17-49(24,18-16-47(23,48)7)43(61)68-41-34(57)32(55)31(54)26(20-50)64-41/h19,23,25-38,40-42,50,52-58H,9-18,20-21H2,1-8H3,(H,59,60)/t23-,25-,26-,27+,28-,29+,30+,31-,32+,33-,34-,35+,36+,37-,38+,40+,41+,42-,46+,47-,48-,49+/m1/s1. The van der Waals surface area contributed by atoms with Gasteiger partial charge in [0.1, 0.15) is 54.9 Å². The molecule has 19 nitrogen and oxygen atoms in total. The Bertz CT molecular complexity index is 1940. The van der Waals surface area contributed by atoms with Crippen LogP contribution in [0.5, 0.6) is 0 Å². The van der Waals surface area contributed by atoms with E-state index < -0.39 is 134 Å². The maximum atomic E-state index is 14.7. The molecule has 19 heteroatoms.